The van der Waals surface area contributed by atoms with Gasteiger partial charge in [0, 0.05) is 0 Å². The second kappa shape index (κ2) is 4.35. The Morgan fingerprint density at radius 2 is 1.75 bits per heavy atom. The summed E-state index contributed by atoms with van der Waals surface area (Å²) in [7, 11) is 0. The van der Waals surface area contributed by atoms with Crippen LogP contribution in [0, 0.1) is 34.5 Å². The Labute approximate surface area is 103 Å². The minimum atomic E-state index is 0.492. The van der Waals surface area contributed by atoms with Gasteiger partial charge in [-0.15, -0.1) is 0 Å². The van der Waals surface area contributed by atoms with E-state index in [-0.39, 0.29) is 0 Å². The van der Waals surface area contributed by atoms with E-state index in [2.05, 4.69) is 55.4 Å². The van der Waals surface area contributed by atoms with Gasteiger partial charge in [0.05, 0.1) is 0 Å². The zero-order chi connectivity index (χ0) is 12.7. The maximum atomic E-state index is 2.51. The van der Waals surface area contributed by atoms with E-state index in [0.29, 0.717) is 10.8 Å². The van der Waals surface area contributed by atoms with Crippen LogP contribution in [0.5, 0.6) is 0 Å². The van der Waals surface area contributed by atoms with Crippen LogP contribution in [0.1, 0.15) is 68.2 Å². The SMILES string of the molecule is CCC1(C)C(C)CC1C(C)(C)C(C)C(C)C. The maximum Gasteiger partial charge on any atom is -0.0269 e. The fourth-order valence-corrected chi connectivity index (χ4v) is 4.00. The molecule has 0 aromatic heterocycles. The third-order valence-electron chi connectivity index (χ3n) is 6.34. The largest absolute Gasteiger partial charge is 0.0648 e. The molecule has 0 aromatic rings. The lowest BCUT2D eigenvalue weighted by atomic mass is 9.44. The molecule has 0 spiro atoms. The van der Waals surface area contributed by atoms with Crippen LogP contribution in [0.25, 0.3) is 0 Å². The van der Waals surface area contributed by atoms with Crippen LogP contribution < -0.4 is 0 Å². The third kappa shape index (κ3) is 1.93. The molecule has 0 saturated heterocycles. The third-order valence-corrected chi connectivity index (χ3v) is 6.34. The summed E-state index contributed by atoms with van der Waals surface area (Å²) in [6.45, 7) is 19.5. The second-order valence-electron chi connectivity index (χ2n) is 7.40. The van der Waals surface area contributed by atoms with Crippen LogP contribution in [0.4, 0.5) is 0 Å². The summed E-state index contributed by atoms with van der Waals surface area (Å²) in [6.07, 6.45) is 2.78. The second-order valence-corrected chi connectivity index (χ2v) is 7.40. The summed E-state index contributed by atoms with van der Waals surface area (Å²) >= 11 is 0. The minimum Gasteiger partial charge on any atom is -0.0648 e. The number of rotatable bonds is 4. The Bertz CT molecular complexity index is 238. The molecule has 0 aliphatic heterocycles. The topological polar surface area (TPSA) is 0 Å². The number of hydrogen-bond donors (Lipinski definition) is 0. The van der Waals surface area contributed by atoms with E-state index in [4.69, 9.17) is 0 Å². The van der Waals surface area contributed by atoms with Gasteiger partial charge < -0.3 is 0 Å². The van der Waals surface area contributed by atoms with Gasteiger partial charge in [-0.3, -0.25) is 0 Å². The first-order valence-corrected chi connectivity index (χ1v) is 7.17. The average Bonchev–Trinajstić information content (AvgIpc) is 2.22. The van der Waals surface area contributed by atoms with E-state index in [1.54, 1.807) is 0 Å². The first-order chi connectivity index (χ1) is 7.17. The maximum absolute atomic E-state index is 2.51. The highest BCUT2D eigenvalue weighted by Crippen LogP contribution is 2.62. The molecule has 0 amide bonds. The molecule has 0 N–H and O–H groups in total. The summed E-state index contributed by atoms with van der Waals surface area (Å²) in [5.74, 6) is 3.45. The van der Waals surface area contributed by atoms with Crippen molar-refractivity contribution in [2.24, 2.45) is 34.5 Å². The van der Waals surface area contributed by atoms with Gasteiger partial charge in [-0.05, 0) is 40.9 Å². The van der Waals surface area contributed by atoms with Crippen LogP contribution in [0.2, 0.25) is 0 Å². The minimum absolute atomic E-state index is 0.492. The van der Waals surface area contributed by atoms with Crippen molar-refractivity contribution in [3.05, 3.63) is 0 Å². The normalized spacial score (nSPS) is 37.3. The van der Waals surface area contributed by atoms with Crippen LogP contribution in [-0.4, -0.2) is 0 Å². The van der Waals surface area contributed by atoms with Gasteiger partial charge in [0.1, 0.15) is 0 Å². The average molecular weight is 224 g/mol. The molecule has 0 nitrogen and oxygen atoms in total. The first-order valence-electron chi connectivity index (χ1n) is 7.17. The summed E-state index contributed by atoms with van der Waals surface area (Å²) in [5.41, 5.74) is 1.08. The van der Waals surface area contributed by atoms with Crippen LogP contribution in [0.3, 0.4) is 0 Å². The Kier molecular flexibility index (Phi) is 3.82. The molecule has 1 saturated carbocycles. The van der Waals surface area contributed by atoms with Gasteiger partial charge in [-0.25, -0.2) is 0 Å². The highest BCUT2D eigenvalue weighted by atomic mass is 14.6. The Balaban J connectivity index is 2.86. The van der Waals surface area contributed by atoms with E-state index in [9.17, 15) is 0 Å². The molecule has 96 valence electrons. The molecule has 1 rings (SSSR count). The molecule has 0 heterocycles. The Hall–Kier alpha value is 0. The van der Waals surface area contributed by atoms with Gasteiger partial charge in [0.15, 0.2) is 0 Å². The molecule has 1 fully saturated rings. The molecule has 0 aromatic carbocycles. The van der Waals surface area contributed by atoms with Crippen molar-refractivity contribution in [3.8, 4) is 0 Å². The lowest BCUT2D eigenvalue weighted by molar-refractivity contribution is -0.123. The van der Waals surface area contributed by atoms with Crippen LogP contribution >= 0.6 is 0 Å². The van der Waals surface area contributed by atoms with Gasteiger partial charge in [-0.1, -0.05) is 61.8 Å². The first kappa shape index (κ1) is 14.1. The van der Waals surface area contributed by atoms with Gasteiger partial charge in [0.25, 0.3) is 0 Å². The molecule has 0 heteroatoms. The number of hydrogen-bond acceptors (Lipinski definition) is 0. The Morgan fingerprint density at radius 1 is 1.25 bits per heavy atom. The summed E-state index contributed by atoms with van der Waals surface area (Å²) in [6, 6.07) is 0. The zero-order valence-electron chi connectivity index (χ0n) is 12.7. The summed E-state index contributed by atoms with van der Waals surface area (Å²) in [5, 5.41) is 0. The van der Waals surface area contributed by atoms with Crippen molar-refractivity contribution < 1.29 is 0 Å². The van der Waals surface area contributed by atoms with E-state index in [1.165, 1.54) is 12.8 Å². The van der Waals surface area contributed by atoms with Crippen molar-refractivity contribution in [3.63, 3.8) is 0 Å². The highest BCUT2D eigenvalue weighted by molar-refractivity contribution is 5.03. The lowest BCUT2D eigenvalue weighted by Crippen LogP contribution is -2.54. The quantitative estimate of drug-likeness (QED) is 0.601. The van der Waals surface area contributed by atoms with Gasteiger partial charge in [0.2, 0.25) is 0 Å². The van der Waals surface area contributed by atoms with Crippen molar-refractivity contribution in [1.82, 2.24) is 0 Å². The molecule has 4 atom stereocenters. The van der Waals surface area contributed by atoms with Crippen LogP contribution in [0.15, 0.2) is 0 Å². The molecule has 1 aliphatic carbocycles. The highest BCUT2D eigenvalue weighted by Gasteiger charge is 2.55. The van der Waals surface area contributed by atoms with E-state index >= 15 is 0 Å². The zero-order valence-corrected chi connectivity index (χ0v) is 12.7. The summed E-state index contributed by atoms with van der Waals surface area (Å²) in [4.78, 5) is 0. The molecule has 4 unspecified atom stereocenters. The fourth-order valence-electron chi connectivity index (χ4n) is 4.00. The van der Waals surface area contributed by atoms with Gasteiger partial charge >= 0.3 is 0 Å². The van der Waals surface area contributed by atoms with Crippen molar-refractivity contribution in [1.29, 1.82) is 0 Å². The predicted molar refractivity (Wildman–Crippen MR) is 73.5 cm³/mol. The standard InChI is InChI=1S/C16H32/c1-9-16(8)12(4)10-14(16)15(6,7)13(5)11(2)3/h11-14H,9-10H2,1-8H3. The molecular weight excluding hydrogens is 192 g/mol. The van der Waals surface area contributed by atoms with Crippen molar-refractivity contribution >= 4 is 0 Å². The van der Waals surface area contributed by atoms with E-state index in [0.717, 1.165) is 23.7 Å². The lowest BCUT2D eigenvalue weighted by Gasteiger charge is -2.61. The van der Waals surface area contributed by atoms with Crippen LogP contribution in [-0.2, 0) is 0 Å². The molecule has 1 aliphatic rings. The van der Waals surface area contributed by atoms with Gasteiger partial charge in [-0.2, -0.15) is 0 Å². The molecule has 0 radical (unpaired) electrons. The van der Waals surface area contributed by atoms with Crippen molar-refractivity contribution in [2.45, 2.75) is 68.2 Å². The van der Waals surface area contributed by atoms with Crippen molar-refractivity contribution in [2.75, 3.05) is 0 Å². The molecular formula is C16H32. The summed E-state index contributed by atoms with van der Waals surface area (Å²) < 4.78 is 0. The van der Waals surface area contributed by atoms with E-state index < -0.39 is 0 Å². The smallest absolute Gasteiger partial charge is 0.0269 e. The molecule has 0 bridgehead atoms. The predicted octanol–water partition coefficient (Wildman–Crippen LogP) is 5.38. The Morgan fingerprint density at radius 3 is 2.06 bits per heavy atom. The fraction of sp³-hybridized carbons (Fsp3) is 1.00. The molecule has 16 heavy (non-hydrogen) atoms. The monoisotopic (exact) mass is 224 g/mol. The van der Waals surface area contributed by atoms with E-state index in [1.807, 2.05) is 0 Å².